The molecule has 2 aromatic heterocycles. The summed E-state index contributed by atoms with van der Waals surface area (Å²) in [5.41, 5.74) is 0.152. The molecule has 0 radical (unpaired) electrons. The summed E-state index contributed by atoms with van der Waals surface area (Å²) in [6, 6.07) is 2.35. The van der Waals surface area contributed by atoms with Gasteiger partial charge in [0.1, 0.15) is 10.8 Å². The van der Waals surface area contributed by atoms with Crippen LogP contribution in [0.5, 0.6) is 0 Å². The number of alkyl halides is 2. The Morgan fingerprint density at radius 2 is 2.08 bits per heavy atom. The minimum atomic E-state index is -2.89. The van der Waals surface area contributed by atoms with Gasteiger partial charge < -0.3 is 15.2 Å². The highest BCUT2D eigenvalue weighted by Crippen LogP contribution is 2.27. The standard InChI is InChI=1S/C15H16ClF2N5O/c1-15(17,18)10-8-23(7-6-20-10)13-11(16)14(24)22-12(21-13)9-2-4-19-5-3-9/h2-5,10,20H,6-8H2,1H3,(H,21,22,24)/t10-/m1/s1. The summed E-state index contributed by atoms with van der Waals surface area (Å²) >= 11 is 6.08. The lowest BCUT2D eigenvalue weighted by atomic mass is 10.1. The van der Waals surface area contributed by atoms with Gasteiger partial charge in [0.05, 0.1) is 6.04 Å². The quantitative estimate of drug-likeness (QED) is 0.880. The van der Waals surface area contributed by atoms with Crippen molar-refractivity contribution < 1.29 is 8.78 Å². The predicted molar refractivity (Wildman–Crippen MR) is 87.7 cm³/mol. The molecule has 1 aliphatic heterocycles. The van der Waals surface area contributed by atoms with Crippen molar-refractivity contribution in [3.8, 4) is 11.4 Å². The van der Waals surface area contributed by atoms with Crippen LogP contribution >= 0.6 is 11.6 Å². The van der Waals surface area contributed by atoms with Gasteiger partial charge in [-0.05, 0) is 12.1 Å². The molecule has 0 saturated carbocycles. The fraction of sp³-hybridized carbons (Fsp3) is 0.400. The minimum absolute atomic E-state index is 0.00938. The first-order chi connectivity index (χ1) is 11.4. The molecule has 0 bridgehead atoms. The van der Waals surface area contributed by atoms with Crippen LogP contribution in [0.2, 0.25) is 5.02 Å². The Morgan fingerprint density at radius 1 is 1.38 bits per heavy atom. The van der Waals surface area contributed by atoms with Crippen LogP contribution in [0.25, 0.3) is 11.4 Å². The number of anilines is 1. The van der Waals surface area contributed by atoms with Crippen molar-refractivity contribution in [1.29, 1.82) is 0 Å². The Balaban J connectivity index is 1.98. The summed E-state index contributed by atoms with van der Waals surface area (Å²) in [4.78, 5) is 24.6. The molecule has 0 aliphatic carbocycles. The highest BCUT2D eigenvalue weighted by Gasteiger charge is 2.38. The van der Waals surface area contributed by atoms with Crippen molar-refractivity contribution in [3.63, 3.8) is 0 Å². The number of hydrogen-bond donors (Lipinski definition) is 2. The minimum Gasteiger partial charge on any atom is -0.352 e. The topological polar surface area (TPSA) is 73.9 Å². The largest absolute Gasteiger partial charge is 0.352 e. The van der Waals surface area contributed by atoms with E-state index in [1.807, 2.05) is 0 Å². The molecule has 6 nitrogen and oxygen atoms in total. The second-order valence-electron chi connectivity index (χ2n) is 5.70. The van der Waals surface area contributed by atoms with Gasteiger partial charge in [-0.2, -0.15) is 0 Å². The molecule has 0 unspecified atom stereocenters. The molecule has 0 amide bonds. The molecule has 1 aliphatic rings. The number of nitrogens with one attached hydrogen (secondary N) is 2. The third-order valence-electron chi connectivity index (χ3n) is 3.89. The summed E-state index contributed by atoms with van der Waals surface area (Å²) in [6.45, 7) is 1.65. The average Bonchev–Trinajstić information content (AvgIpc) is 2.57. The van der Waals surface area contributed by atoms with Gasteiger partial charge in [-0.25, -0.2) is 13.8 Å². The number of hydrogen-bond acceptors (Lipinski definition) is 5. The molecule has 1 saturated heterocycles. The molecule has 1 fully saturated rings. The number of H-pyrrole nitrogens is 1. The number of pyridine rings is 1. The van der Waals surface area contributed by atoms with E-state index in [2.05, 4.69) is 20.3 Å². The van der Waals surface area contributed by atoms with E-state index in [-0.39, 0.29) is 17.4 Å². The third-order valence-corrected chi connectivity index (χ3v) is 4.23. The fourth-order valence-electron chi connectivity index (χ4n) is 2.58. The van der Waals surface area contributed by atoms with E-state index in [0.717, 1.165) is 6.92 Å². The molecular weight excluding hydrogens is 340 g/mol. The van der Waals surface area contributed by atoms with Crippen LogP contribution in [0.1, 0.15) is 6.92 Å². The molecule has 0 aromatic carbocycles. The van der Waals surface area contributed by atoms with E-state index in [1.165, 1.54) is 0 Å². The first-order valence-electron chi connectivity index (χ1n) is 7.42. The van der Waals surface area contributed by atoms with Crippen LogP contribution in [-0.2, 0) is 0 Å². The van der Waals surface area contributed by atoms with E-state index >= 15 is 0 Å². The molecule has 3 rings (SSSR count). The van der Waals surface area contributed by atoms with Crippen molar-refractivity contribution in [2.24, 2.45) is 0 Å². The molecule has 128 valence electrons. The van der Waals surface area contributed by atoms with Gasteiger partial charge in [-0.1, -0.05) is 11.6 Å². The molecule has 3 heterocycles. The Bertz CT molecular complexity index is 778. The number of piperazine rings is 1. The zero-order valence-electron chi connectivity index (χ0n) is 12.9. The summed E-state index contributed by atoms with van der Waals surface area (Å²) < 4.78 is 27.2. The molecule has 2 aromatic rings. The monoisotopic (exact) mass is 355 g/mol. The Kier molecular flexibility index (Phi) is 4.51. The van der Waals surface area contributed by atoms with Gasteiger partial charge in [0.2, 0.25) is 0 Å². The van der Waals surface area contributed by atoms with Crippen LogP contribution < -0.4 is 15.8 Å². The first kappa shape index (κ1) is 16.8. The maximum Gasteiger partial charge on any atom is 0.272 e. The summed E-state index contributed by atoms with van der Waals surface area (Å²) in [7, 11) is 0. The SMILES string of the molecule is CC(F)(F)[C@H]1CN(c2nc(-c3ccncc3)[nH]c(=O)c2Cl)CCN1. The van der Waals surface area contributed by atoms with Crippen LogP contribution in [0.15, 0.2) is 29.3 Å². The predicted octanol–water partition coefficient (Wildman–Crippen LogP) is 1.92. The average molecular weight is 356 g/mol. The maximum atomic E-state index is 13.6. The van der Waals surface area contributed by atoms with Crippen molar-refractivity contribution in [2.75, 3.05) is 24.5 Å². The fourth-order valence-corrected chi connectivity index (χ4v) is 2.79. The van der Waals surface area contributed by atoms with Gasteiger partial charge in [0.25, 0.3) is 11.5 Å². The molecule has 2 N–H and O–H groups in total. The summed E-state index contributed by atoms with van der Waals surface area (Å²) in [6.07, 6.45) is 3.14. The zero-order valence-corrected chi connectivity index (χ0v) is 13.6. The van der Waals surface area contributed by atoms with Crippen LogP contribution in [0.3, 0.4) is 0 Å². The highest BCUT2D eigenvalue weighted by molar-refractivity contribution is 6.32. The van der Waals surface area contributed by atoms with Crippen molar-refractivity contribution in [1.82, 2.24) is 20.3 Å². The normalized spacial score (nSPS) is 18.7. The molecular formula is C15H16ClF2N5O. The number of rotatable bonds is 3. The number of aromatic nitrogens is 3. The Morgan fingerprint density at radius 3 is 2.75 bits per heavy atom. The van der Waals surface area contributed by atoms with Crippen LogP contribution in [0, 0.1) is 0 Å². The zero-order chi connectivity index (χ0) is 17.3. The first-order valence-corrected chi connectivity index (χ1v) is 7.80. The van der Waals surface area contributed by atoms with E-state index in [4.69, 9.17) is 11.6 Å². The second-order valence-corrected chi connectivity index (χ2v) is 6.07. The second kappa shape index (κ2) is 6.45. The number of halogens is 3. The Labute approximate surface area is 141 Å². The Hall–Kier alpha value is -2.06. The van der Waals surface area contributed by atoms with Crippen LogP contribution in [0.4, 0.5) is 14.6 Å². The number of nitrogens with zero attached hydrogens (tertiary/aromatic N) is 3. The summed E-state index contributed by atoms with van der Waals surface area (Å²) in [5, 5.41) is 2.68. The number of aromatic amines is 1. The van der Waals surface area contributed by atoms with Gasteiger partial charge in [0.15, 0.2) is 5.82 Å². The van der Waals surface area contributed by atoms with Crippen molar-refractivity contribution >= 4 is 17.4 Å². The molecule has 1 atom stereocenters. The van der Waals surface area contributed by atoms with Gasteiger partial charge in [-0.15, -0.1) is 0 Å². The van der Waals surface area contributed by atoms with E-state index in [0.29, 0.717) is 24.5 Å². The van der Waals surface area contributed by atoms with Gasteiger partial charge in [-0.3, -0.25) is 9.78 Å². The van der Waals surface area contributed by atoms with Gasteiger partial charge >= 0.3 is 0 Å². The lowest BCUT2D eigenvalue weighted by Gasteiger charge is -2.37. The van der Waals surface area contributed by atoms with Crippen LogP contribution in [-0.4, -0.2) is 46.6 Å². The van der Waals surface area contributed by atoms with Gasteiger partial charge in [0, 0.05) is 44.5 Å². The molecule has 9 heteroatoms. The van der Waals surface area contributed by atoms with E-state index < -0.39 is 17.5 Å². The van der Waals surface area contributed by atoms with E-state index in [1.54, 1.807) is 29.4 Å². The smallest absolute Gasteiger partial charge is 0.272 e. The van der Waals surface area contributed by atoms with Crippen molar-refractivity contribution in [2.45, 2.75) is 18.9 Å². The van der Waals surface area contributed by atoms with Crippen molar-refractivity contribution in [3.05, 3.63) is 39.9 Å². The lowest BCUT2D eigenvalue weighted by Crippen LogP contribution is -2.57. The maximum absolute atomic E-state index is 13.6. The highest BCUT2D eigenvalue weighted by atomic mass is 35.5. The van der Waals surface area contributed by atoms with E-state index in [9.17, 15) is 13.6 Å². The molecule has 24 heavy (non-hydrogen) atoms. The summed E-state index contributed by atoms with van der Waals surface area (Å²) in [5.74, 6) is -2.36. The molecule has 0 spiro atoms. The third kappa shape index (κ3) is 3.39. The lowest BCUT2D eigenvalue weighted by molar-refractivity contribution is -0.0188.